The lowest BCUT2D eigenvalue weighted by Crippen LogP contribution is -2.47. The summed E-state index contributed by atoms with van der Waals surface area (Å²) in [6.45, 7) is 9.96. The molecule has 138 valence electrons. The van der Waals surface area contributed by atoms with E-state index >= 15 is 0 Å². The lowest BCUT2D eigenvalue weighted by atomic mass is 9.87. The number of nitrogens with zero attached hydrogens (tertiary/aromatic N) is 3. The number of carbonyl (C=O) groups is 1. The van der Waals surface area contributed by atoms with Crippen molar-refractivity contribution in [2.45, 2.75) is 26.2 Å². The molecule has 1 N–H and O–H groups in total. The number of hydrogen-bond acceptors (Lipinski definition) is 4. The molecule has 5 heteroatoms. The number of anilines is 2. The Morgan fingerprint density at radius 2 is 1.58 bits per heavy atom. The summed E-state index contributed by atoms with van der Waals surface area (Å²) < 4.78 is 0. The number of carbonyl (C=O) groups excluding carboxylic acids is 1. The highest BCUT2D eigenvalue weighted by Crippen LogP contribution is 2.24. The number of pyridine rings is 1. The molecule has 1 saturated heterocycles. The summed E-state index contributed by atoms with van der Waals surface area (Å²) in [6.07, 6.45) is 1.72. The van der Waals surface area contributed by atoms with E-state index in [9.17, 15) is 4.79 Å². The van der Waals surface area contributed by atoms with E-state index in [2.05, 4.69) is 67.3 Å². The molecule has 5 nitrogen and oxygen atoms in total. The highest BCUT2D eigenvalue weighted by atomic mass is 16.2. The molecular weight excluding hydrogens is 324 g/mol. The number of hydrogen-bond donors (Lipinski definition) is 1. The molecule has 2 heterocycles. The van der Waals surface area contributed by atoms with E-state index in [0.717, 1.165) is 37.6 Å². The third-order valence-corrected chi connectivity index (χ3v) is 4.81. The maximum atomic E-state index is 12.5. The maximum absolute atomic E-state index is 12.5. The number of piperazine rings is 1. The second-order valence-corrected chi connectivity index (χ2v) is 7.98. The van der Waals surface area contributed by atoms with Crippen LogP contribution in [-0.4, -0.2) is 53.9 Å². The van der Waals surface area contributed by atoms with Gasteiger partial charge in [-0.05, 0) is 42.3 Å². The van der Waals surface area contributed by atoms with E-state index in [0.29, 0.717) is 5.69 Å². The molecule has 0 saturated carbocycles. The van der Waals surface area contributed by atoms with E-state index in [-0.39, 0.29) is 11.3 Å². The molecule has 0 radical (unpaired) electrons. The van der Waals surface area contributed by atoms with Crippen LogP contribution in [0.1, 0.15) is 36.8 Å². The van der Waals surface area contributed by atoms with Crippen LogP contribution < -0.4 is 5.32 Å². The van der Waals surface area contributed by atoms with Crippen molar-refractivity contribution in [3.63, 3.8) is 0 Å². The normalized spacial score (nSPS) is 15.8. The van der Waals surface area contributed by atoms with Crippen LogP contribution in [0.5, 0.6) is 0 Å². The molecule has 1 aromatic carbocycles. The third-order valence-electron chi connectivity index (χ3n) is 4.81. The monoisotopic (exact) mass is 352 g/mol. The summed E-state index contributed by atoms with van der Waals surface area (Å²) in [6, 6.07) is 12.1. The highest BCUT2D eigenvalue weighted by Gasteiger charge is 2.21. The number of likely N-dealkylation sites (N-methyl/N-ethyl adjacent to an activating group) is 1. The number of amides is 1. The Labute approximate surface area is 156 Å². The van der Waals surface area contributed by atoms with Gasteiger partial charge in [-0.25, -0.2) is 4.98 Å². The maximum Gasteiger partial charge on any atom is 0.272 e. The van der Waals surface area contributed by atoms with Crippen LogP contribution in [0.3, 0.4) is 0 Å². The van der Waals surface area contributed by atoms with Gasteiger partial charge < -0.3 is 15.1 Å². The number of nitrogens with one attached hydrogen (secondary N) is 1. The highest BCUT2D eigenvalue weighted by molar-refractivity contribution is 5.92. The van der Waals surface area contributed by atoms with Crippen LogP contribution in [0.2, 0.25) is 0 Å². The smallest absolute Gasteiger partial charge is 0.272 e. The van der Waals surface area contributed by atoms with Crippen LogP contribution in [0.4, 0.5) is 11.4 Å². The van der Waals surface area contributed by atoms with Crippen molar-refractivity contribution in [2.24, 2.45) is 0 Å². The van der Waals surface area contributed by atoms with Gasteiger partial charge in [0.05, 0.1) is 11.9 Å². The minimum absolute atomic E-state index is 0.0131. The van der Waals surface area contributed by atoms with E-state index in [1.165, 1.54) is 5.56 Å². The Hall–Kier alpha value is -2.40. The number of benzene rings is 1. The van der Waals surface area contributed by atoms with Crippen molar-refractivity contribution in [2.75, 3.05) is 38.5 Å². The Morgan fingerprint density at radius 3 is 2.12 bits per heavy atom. The molecule has 2 aromatic rings. The molecule has 0 unspecified atom stereocenters. The summed E-state index contributed by atoms with van der Waals surface area (Å²) in [7, 11) is 2.08. The van der Waals surface area contributed by atoms with E-state index < -0.39 is 0 Å². The van der Waals surface area contributed by atoms with Gasteiger partial charge in [0.25, 0.3) is 5.91 Å². The van der Waals surface area contributed by atoms with E-state index in [1.54, 1.807) is 12.3 Å². The Kier molecular flexibility index (Phi) is 5.28. The zero-order chi connectivity index (χ0) is 18.7. The third kappa shape index (κ3) is 4.41. The molecule has 0 spiro atoms. The van der Waals surface area contributed by atoms with Gasteiger partial charge in [-0.2, -0.15) is 0 Å². The molecule has 1 amide bonds. The van der Waals surface area contributed by atoms with Crippen LogP contribution in [-0.2, 0) is 5.41 Å². The first-order chi connectivity index (χ1) is 12.3. The second kappa shape index (κ2) is 7.46. The number of aromatic nitrogens is 1. The lowest BCUT2D eigenvalue weighted by molar-refractivity contribution is 0.0658. The molecule has 3 rings (SSSR count). The predicted molar refractivity (Wildman–Crippen MR) is 106 cm³/mol. The summed E-state index contributed by atoms with van der Waals surface area (Å²) in [5.41, 5.74) is 3.84. The van der Waals surface area contributed by atoms with Gasteiger partial charge in [-0.1, -0.05) is 32.9 Å². The molecule has 1 aliphatic rings. The molecule has 0 aliphatic carbocycles. The summed E-state index contributed by atoms with van der Waals surface area (Å²) in [5, 5.41) is 3.34. The molecule has 1 fully saturated rings. The first kappa shape index (κ1) is 18.4. The van der Waals surface area contributed by atoms with Gasteiger partial charge >= 0.3 is 0 Å². The van der Waals surface area contributed by atoms with Crippen molar-refractivity contribution in [1.29, 1.82) is 0 Å². The van der Waals surface area contributed by atoms with Crippen LogP contribution >= 0.6 is 0 Å². The zero-order valence-electron chi connectivity index (χ0n) is 16.1. The van der Waals surface area contributed by atoms with Gasteiger partial charge in [0.2, 0.25) is 0 Å². The molecule has 1 aliphatic heterocycles. The minimum Gasteiger partial charge on any atom is -0.354 e. The van der Waals surface area contributed by atoms with Crippen molar-refractivity contribution in [3.8, 4) is 0 Å². The minimum atomic E-state index is 0.0131. The Bertz CT molecular complexity index is 739. The SMILES string of the molecule is CN1CCN(C(=O)c2ccc(Nc3ccc(C(C)(C)C)cc3)cn2)CC1. The van der Waals surface area contributed by atoms with Gasteiger partial charge in [0.1, 0.15) is 5.69 Å². The molecule has 0 bridgehead atoms. The Balaban J connectivity index is 1.63. The van der Waals surface area contributed by atoms with Crippen LogP contribution in [0, 0.1) is 0 Å². The lowest BCUT2D eigenvalue weighted by Gasteiger charge is -2.32. The van der Waals surface area contributed by atoms with Gasteiger partial charge in [-0.3, -0.25) is 4.79 Å². The second-order valence-electron chi connectivity index (χ2n) is 7.98. The largest absolute Gasteiger partial charge is 0.354 e. The quantitative estimate of drug-likeness (QED) is 0.918. The fraction of sp³-hybridized carbons (Fsp3) is 0.429. The van der Waals surface area contributed by atoms with Crippen molar-refractivity contribution in [3.05, 3.63) is 53.9 Å². The van der Waals surface area contributed by atoms with Crippen molar-refractivity contribution in [1.82, 2.24) is 14.8 Å². The number of rotatable bonds is 3. The fourth-order valence-corrected chi connectivity index (χ4v) is 2.99. The summed E-state index contributed by atoms with van der Waals surface area (Å²) in [4.78, 5) is 21.0. The summed E-state index contributed by atoms with van der Waals surface area (Å²) in [5.74, 6) is 0.0131. The van der Waals surface area contributed by atoms with Crippen LogP contribution in [0.15, 0.2) is 42.6 Å². The van der Waals surface area contributed by atoms with E-state index in [4.69, 9.17) is 0 Å². The first-order valence-electron chi connectivity index (χ1n) is 9.14. The fourth-order valence-electron chi connectivity index (χ4n) is 2.99. The van der Waals surface area contributed by atoms with Gasteiger partial charge in [0.15, 0.2) is 0 Å². The molecule has 26 heavy (non-hydrogen) atoms. The van der Waals surface area contributed by atoms with Crippen molar-refractivity contribution < 1.29 is 4.79 Å². The molecule has 1 aromatic heterocycles. The topological polar surface area (TPSA) is 48.5 Å². The average Bonchev–Trinajstić information content (AvgIpc) is 2.62. The Morgan fingerprint density at radius 1 is 0.962 bits per heavy atom. The summed E-state index contributed by atoms with van der Waals surface area (Å²) >= 11 is 0. The van der Waals surface area contributed by atoms with Gasteiger partial charge in [0, 0.05) is 31.9 Å². The average molecular weight is 352 g/mol. The molecular formula is C21H28N4O. The van der Waals surface area contributed by atoms with Crippen LogP contribution in [0.25, 0.3) is 0 Å². The standard InChI is InChI=1S/C21H28N4O/c1-21(2,3)16-5-7-17(8-6-16)23-18-9-10-19(22-15-18)20(26)25-13-11-24(4)12-14-25/h5-10,15,23H,11-14H2,1-4H3. The zero-order valence-corrected chi connectivity index (χ0v) is 16.1. The predicted octanol–water partition coefficient (Wildman–Crippen LogP) is 3.51. The molecule has 0 atom stereocenters. The first-order valence-corrected chi connectivity index (χ1v) is 9.14. The van der Waals surface area contributed by atoms with Crippen molar-refractivity contribution >= 4 is 17.3 Å². The van der Waals surface area contributed by atoms with E-state index in [1.807, 2.05) is 11.0 Å². The van der Waals surface area contributed by atoms with Gasteiger partial charge in [-0.15, -0.1) is 0 Å².